The summed E-state index contributed by atoms with van der Waals surface area (Å²) in [6.45, 7) is 11.2. The molecule has 0 aliphatic carbocycles. The molecule has 1 N–H and O–H groups in total. The van der Waals surface area contributed by atoms with Crippen LogP contribution in [0.2, 0.25) is 0 Å². The van der Waals surface area contributed by atoms with E-state index >= 15 is 0 Å². The summed E-state index contributed by atoms with van der Waals surface area (Å²) in [6, 6.07) is 0. The standard InChI is InChI=1S/2C9H12O6.C5H11O6P.C4H11O4P.5Na/c2*1-6(2)9(13)15-5-14-8(12)4-3-7(10)11;1-4(2)5(6)10-3-11-12(7,8)9;1-4(2)3-8-9(5,6)7;;;;;/h2*3-4,6H,5H2,1-2H3,(H,10,11);4H,3H2,1-2H3,(H2,7,8,9);4H,3H2,1-2H3,(H2,5,6,7);;;;;/q;;;;5*+1/p-5/b2*4-3+;;;;;;;. The van der Waals surface area contributed by atoms with Crippen LogP contribution in [-0.4, -0.2) is 73.9 Å². The predicted molar refractivity (Wildman–Crippen MR) is 158 cm³/mol. The summed E-state index contributed by atoms with van der Waals surface area (Å²) < 4.78 is 49.2. The third-order valence-electron chi connectivity index (χ3n) is 3.91. The van der Waals surface area contributed by atoms with Crippen LogP contribution in [0.15, 0.2) is 24.3 Å². The Morgan fingerprint density at radius 3 is 1.05 bits per heavy atom. The minimum atomic E-state index is -5.03. The van der Waals surface area contributed by atoms with Crippen molar-refractivity contribution in [3.63, 3.8) is 0 Å². The number of rotatable bonds is 17. The molecule has 0 aromatic rings. The number of phosphoric acid groups is 2. The summed E-state index contributed by atoms with van der Waals surface area (Å²) in [5, 5.41) is 18.1. The maximum Gasteiger partial charge on any atom is 1.00 e. The molecule has 0 spiro atoms. The Hall–Kier alpha value is 0.990. The van der Waals surface area contributed by atoms with Crippen molar-refractivity contribution in [3.8, 4) is 0 Å². The molecule has 0 aliphatic heterocycles. The Morgan fingerprint density at radius 2 is 0.821 bits per heavy atom. The molecule has 0 saturated carbocycles. The van der Waals surface area contributed by atoms with Crippen LogP contribution in [0.1, 0.15) is 55.4 Å². The Bertz CT molecular complexity index is 1210. The molecule has 56 heavy (non-hydrogen) atoms. The molecule has 0 rings (SSSR count). The first-order valence-electron chi connectivity index (χ1n) is 14.1. The van der Waals surface area contributed by atoms with E-state index in [1.165, 1.54) is 0 Å². The molecular weight excluding hydrogens is 853 g/mol. The molecule has 0 saturated heterocycles. The normalized spacial score (nSPS) is 10.1. The fraction of sp³-hybridized carbons (Fsp3) is 0.593. The van der Waals surface area contributed by atoms with Crippen LogP contribution >= 0.6 is 15.6 Å². The molecule has 22 nitrogen and oxygen atoms in total. The van der Waals surface area contributed by atoms with Gasteiger partial charge < -0.3 is 76.4 Å². The van der Waals surface area contributed by atoms with Gasteiger partial charge in [0.1, 0.15) is 0 Å². The number of phosphoric ester groups is 2. The van der Waals surface area contributed by atoms with Crippen LogP contribution < -0.4 is 172 Å². The van der Waals surface area contributed by atoms with Gasteiger partial charge in [0.15, 0.2) is 6.79 Å². The van der Waals surface area contributed by atoms with Crippen molar-refractivity contribution < 1.29 is 253 Å². The summed E-state index contributed by atoms with van der Waals surface area (Å²) in [5.41, 5.74) is 0. The summed E-state index contributed by atoms with van der Waals surface area (Å²) >= 11 is 0. The van der Waals surface area contributed by atoms with Gasteiger partial charge in [0.2, 0.25) is 13.6 Å². The van der Waals surface area contributed by atoms with Gasteiger partial charge in [-0.15, -0.1) is 0 Å². The van der Waals surface area contributed by atoms with E-state index in [9.17, 15) is 67.4 Å². The fourth-order valence-electron chi connectivity index (χ4n) is 1.55. The van der Waals surface area contributed by atoms with Crippen LogP contribution in [0.4, 0.5) is 0 Å². The van der Waals surface area contributed by atoms with Gasteiger partial charge in [0, 0.05) is 18.2 Å². The average molecular weight is 895 g/mol. The molecule has 0 atom stereocenters. The van der Waals surface area contributed by atoms with Gasteiger partial charge in [0.05, 0.1) is 46.0 Å². The summed E-state index contributed by atoms with van der Waals surface area (Å²) in [7, 11) is -9.75. The Morgan fingerprint density at radius 1 is 0.518 bits per heavy atom. The molecule has 0 amide bonds. The first kappa shape index (κ1) is 77.6. The predicted octanol–water partition coefficient (Wildman–Crippen LogP) is -17.2. The van der Waals surface area contributed by atoms with Gasteiger partial charge in [-0.25, -0.2) is 14.4 Å². The molecule has 0 aromatic carbocycles. The molecule has 0 aliphatic rings. The molecule has 296 valence electrons. The number of carboxylic acids is 2. The summed E-state index contributed by atoms with van der Waals surface area (Å²) in [5.74, 6) is -7.13. The van der Waals surface area contributed by atoms with E-state index in [-0.39, 0.29) is 178 Å². The van der Waals surface area contributed by atoms with Gasteiger partial charge in [-0.3, -0.25) is 14.4 Å². The molecule has 0 unspecified atom stereocenters. The van der Waals surface area contributed by atoms with Crippen molar-refractivity contribution >= 4 is 57.4 Å². The zero-order valence-electron chi connectivity index (χ0n) is 33.9. The van der Waals surface area contributed by atoms with Crippen molar-refractivity contribution in [2.45, 2.75) is 55.4 Å². The van der Waals surface area contributed by atoms with Gasteiger partial charge >= 0.3 is 184 Å². The van der Waals surface area contributed by atoms with Crippen molar-refractivity contribution in [1.29, 1.82) is 0 Å². The molecule has 0 radical (unpaired) electrons. The Labute approximate surface area is 435 Å². The number of carbonyl (C=O) groups is 7. The first-order valence-corrected chi connectivity index (χ1v) is 17.0. The van der Waals surface area contributed by atoms with Gasteiger partial charge in [-0.2, -0.15) is 0 Å². The van der Waals surface area contributed by atoms with E-state index in [4.69, 9.17) is 5.11 Å². The number of carbonyl (C=O) groups excluding carboxylic acids is 6. The summed E-state index contributed by atoms with van der Waals surface area (Å²) in [4.78, 5) is 113. The molecule has 0 heterocycles. The topological polar surface area (TPSA) is 354 Å². The van der Waals surface area contributed by atoms with Gasteiger partial charge in [-0.05, 0) is 12.0 Å². The van der Waals surface area contributed by atoms with Crippen LogP contribution in [0.3, 0.4) is 0 Å². The maximum atomic E-state index is 10.9. The third-order valence-corrected chi connectivity index (χ3v) is 4.80. The Kier molecular flexibility index (Phi) is 63.1. The monoisotopic (exact) mass is 894 g/mol. The minimum absolute atomic E-state index is 0. The molecule has 0 fully saturated rings. The van der Waals surface area contributed by atoms with Crippen molar-refractivity contribution in [2.24, 2.45) is 23.7 Å². The van der Waals surface area contributed by atoms with E-state index in [0.717, 1.165) is 6.08 Å². The molecular formula is C27H41Na5O22P2. The maximum absolute atomic E-state index is 10.9. The second-order valence-electron chi connectivity index (χ2n) is 10.2. The first-order chi connectivity index (χ1) is 23.1. The van der Waals surface area contributed by atoms with Crippen LogP contribution in [-0.2, 0) is 75.4 Å². The van der Waals surface area contributed by atoms with E-state index in [1.807, 2.05) is 0 Å². The van der Waals surface area contributed by atoms with Crippen LogP contribution in [0.25, 0.3) is 0 Å². The van der Waals surface area contributed by atoms with E-state index in [2.05, 4.69) is 32.7 Å². The Balaban J connectivity index is -0.0000000741. The van der Waals surface area contributed by atoms with Crippen molar-refractivity contribution in [3.05, 3.63) is 24.3 Å². The second-order valence-corrected chi connectivity index (χ2v) is 12.5. The van der Waals surface area contributed by atoms with Crippen LogP contribution in [0.5, 0.6) is 0 Å². The van der Waals surface area contributed by atoms with Gasteiger partial charge in [0.25, 0.3) is 0 Å². The number of hydrogen-bond acceptors (Lipinski definition) is 21. The van der Waals surface area contributed by atoms with E-state index < -0.39 is 77.8 Å². The zero-order valence-corrected chi connectivity index (χ0v) is 45.7. The van der Waals surface area contributed by atoms with Crippen molar-refractivity contribution in [2.75, 3.05) is 27.0 Å². The third kappa shape index (κ3) is 69.6. The summed E-state index contributed by atoms with van der Waals surface area (Å²) in [6.07, 6.45) is 2.54. The van der Waals surface area contributed by atoms with Crippen molar-refractivity contribution in [1.82, 2.24) is 0 Å². The largest absolute Gasteiger partial charge is 1.00 e. The van der Waals surface area contributed by atoms with E-state index in [1.54, 1.807) is 55.4 Å². The molecule has 0 bridgehead atoms. The number of hydrogen-bond donors (Lipinski definition) is 1. The number of esters is 5. The smallest absolute Gasteiger partial charge is 0.790 e. The minimum Gasteiger partial charge on any atom is -0.790 e. The molecule has 0 aromatic heterocycles. The quantitative estimate of drug-likeness (QED) is 0.0354. The second kappa shape index (κ2) is 45.5. The SMILES string of the molecule is CC(C)C(=O)OCOC(=O)/C=C/C(=O)O.CC(C)C(=O)OCOC(=O)/C=C/C(=O)[O-].CC(C)C(=O)OCOP(=O)([O-])[O-].CC(C)COP(=O)([O-])[O-].[Na+].[Na+].[Na+].[Na+].[Na+]. The number of ether oxygens (including phenoxy) is 5. The zero-order chi connectivity index (χ0) is 41.0. The fourth-order valence-corrected chi connectivity index (χ4v) is 2.21. The van der Waals surface area contributed by atoms with Gasteiger partial charge in [-0.1, -0.05) is 55.4 Å². The average Bonchev–Trinajstić information content (AvgIpc) is 2.97. The molecule has 29 heteroatoms. The number of carboxylic acid groups (broad SMARTS) is 2. The van der Waals surface area contributed by atoms with Crippen LogP contribution in [0, 0.1) is 23.7 Å². The van der Waals surface area contributed by atoms with E-state index in [0.29, 0.717) is 18.2 Å². The number of aliphatic carboxylic acids is 2.